The van der Waals surface area contributed by atoms with Crippen LogP contribution in [0.4, 0.5) is 8.78 Å². The second kappa shape index (κ2) is 6.34. The molecule has 9 heteroatoms. The summed E-state index contributed by atoms with van der Waals surface area (Å²) < 4.78 is 30.3. The largest absolute Gasteiger partial charge is 0.419 e. The van der Waals surface area contributed by atoms with E-state index < -0.39 is 18.0 Å². The quantitative estimate of drug-likeness (QED) is 0.752. The average Bonchev–Trinajstić information content (AvgIpc) is 3.23. The number of nitrogens with zero attached hydrogens (tertiary/aromatic N) is 3. The summed E-state index contributed by atoms with van der Waals surface area (Å²) in [4.78, 5) is 11.8. The fraction of sp³-hybridized carbons (Fsp3) is 0.143. The van der Waals surface area contributed by atoms with Crippen LogP contribution in [0.5, 0.6) is 0 Å². The number of carbonyl (C=O) groups is 1. The van der Waals surface area contributed by atoms with Crippen molar-refractivity contribution >= 4 is 5.91 Å². The van der Waals surface area contributed by atoms with Crippen LogP contribution in [-0.4, -0.2) is 26.3 Å². The van der Waals surface area contributed by atoms with Crippen molar-refractivity contribution in [3.8, 4) is 11.5 Å². The Morgan fingerprint density at radius 1 is 1.26 bits per heavy atom. The first kappa shape index (κ1) is 14.8. The Morgan fingerprint density at radius 2 is 2.04 bits per heavy atom. The van der Waals surface area contributed by atoms with Crippen LogP contribution >= 0.6 is 0 Å². The summed E-state index contributed by atoms with van der Waals surface area (Å²) in [5, 5.41) is 15.8. The van der Waals surface area contributed by atoms with Crippen LogP contribution in [0.15, 0.2) is 40.8 Å². The summed E-state index contributed by atoms with van der Waals surface area (Å²) in [5.74, 6) is -0.0935. The van der Waals surface area contributed by atoms with Gasteiger partial charge in [-0.3, -0.25) is 9.89 Å². The number of rotatable bonds is 5. The van der Waals surface area contributed by atoms with Crippen LogP contribution in [0, 0.1) is 0 Å². The van der Waals surface area contributed by atoms with Crippen LogP contribution in [0.25, 0.3) is 11.5 Å². The van der Waals surface area contributed by atoms with E-state index in [2.05, 4.69) is 25.7 Å². The van der Waals surface area contributed by atoms with Crippen molar-refractivity contribution in [3.05, 3.63) is 53.7 Å². The first-order valence-electron chi connectivity index (χ1n) is 6.63. The van der Waals surface area contributed by atoms with Gasteiger partial charge in [-0.15, -0.1) is 10.2 Å². The molecule has 0 aliphatic rings. The summed E-state index contributed by atoms with van der Waals surface area (Å²) in [6.45, 7) is -0.0322. The lowest BCUT2D eigenvalue weighted by Gasteiger charge is -1.98. The van der Waals surface area contributed by atoms with E-state index in [4.69, 9.17) is 4.42 Å². The standard InChI is InChI=1S/C14H11F2N5O2/c15-12(16)9-6-10(19-18-9)13(22)17-7-11-20-21-14(23-11)8-4-2-1-3-5-8/h1-6,12H,7H2,(H,17,22)(H,18,19). The van der Waals surface area contributed by atoms with Crippen molar-refractivity contribution in [1.29, 1.82) is 0 Å². The minimum absolute atomic E-state index is 0.0322. The summed E-state index contributed by atoms with van der Waals surface area (Å²) in [5.41, 5.74) is 0.203. The van der Waals surface area contributed by atoms with Crippen LogP contribution in [0.2, 0.25) is 0 Å². The number of nitrogens with one attached hydrogen (secondary N) is 2. The molecule has 0 spiro atoms. The Labute approximate surface area is 128 Å². The van der Waals surface area contributed by atoms with E-state index >= 15 is 0 Å². The van der Waals surface area contributed by atoms with E-state index in [0.29, 0.717) is 5.89 Å². The first-order valence-corrected chi connectivity index (χ1v) is 6.63. The number of aromatic nitrogens is 4. The lowest BCUT2D eigenvalue weighted by molar-refractivity contribution is 0.0942. The number of halogens is 2. The normalized spacial score (nSPS) is 10.9. The molecule has 0 aliphatic heterocycles. The lowest BCUT2D eigenvalue weighted by atomic mass is 10.2. The summed E-state index contributed by atoms with van der Waals surface area (Å²) >= 11 is 0. The number of carbonyl (C=O) groups excluding carboxylic acids is 1. The highest BCUT2D eigenvalue weighted by atomic mass is 19.3. The predicted molar refractivity (Wildman–Crippen MR) is 74.4 cm³/mol. The molecule has 7 nitrogen and oxygen atoms in total. The van der Waals surface area contributed by atoms with Gasteiger partial charge in [0.1, 0.15) is 11.4 Å². The fourth-order valence-electron chi connectivity index (χ4n) is 1.83. The Bertz CT molecular complexity index is 800. The van der Waals surface area contributed by atoms with Gasteiger partial charge in [0.25, 0.3) is 12.3 Å². The van der Waals surface area contributed by atoms with Crippen molar-refractivity contribution in [2.24, 2.45) is 0 Å². The Balaban J connectivity index is 1.62. The molecule has 118 valence electrons. The van der Waals surface area contributed by atoms with Gasteiger partial charge in [-0.25, -0.2) is 8.78 Å². The summed E-state index contributed by atoms with van der Waals surface area (Å²) in [7, 11) is 0. The zero-order chi connectivity index (χ0) is 16.2. The second-order valence-corrected chi connectivity index (χ2v) is 4.56. The topological polar surface area (TPSA) is 96.7 Å². The molecule has 2 aromatic heterocycles. The molecule has 3 rings (SSSR count). The molecule has 0 aliphatic carbocycles. The number of amides is 1. The molecule has 0 atom stereocenters. The fourth-order valence-corrected chi connectivity index (χ4v) is 1.83. The van der Waals surface area contributed by atoms with Crippen LogP contribution in [0.3, 0.4) is 0 Å². The molecule has 0 bridgehead atoms. The van der Waals surface area contributed by atoms with Crippen molar-refractivity contribution < 1.29 is 18.0 Å². The lowest BCUT2D eigenvalue weighted by Crippen LogP contribution is -2.23. The third-order valence-corrected chi connectivity index (χ3v) is 2.95. The number of benzene rings is 1. The minimum atomic E-state index is -2.71. The maximum Gasteiger partial charge on any atom is 0.279 e. The van der Waals surface area contributed by atoms with Crippen molar-refractivity contribution in [3.63, 3.8) is 0 Å². The Kier molecular flexibility index (Phi) is 4.09. The zero-order valence-corrected chi connectivity index (χ0v) is 11.7. The van der Waals surface area contributed by atoms with Crippen LogP contribution in [-0.2, 0) is 6.54 Å². The van der Waals surface area contributed by atoms with Gasteiger partial charge in [-0.2, -0.15) is 5.10 Å². The first-order chi connectivity index (χ1) is 11.1. The molecule has 0 saturated carbocycles. The van der Waals surface area contributed by atoms with E-state index in [-0.39, 0.29) is 18.1 Å². The van der Waals surface area contributed by atoms with E-state index in [1.807, 2.05) is 30.3 Å². The maximum absolute atomic E-state index is 12.4. The molecule has 0 radical (unpaired) electrons. The molecule has 3 aromatic rings. The minimum Gasteiger partial charge on any atom is -0.419 e. The SMILES string of the molecule is O=C(NCc1nnc(-c2ccccc2)o1)c1cc(C(F)F)[nH]n1. The van der Waals surface area contributed by atoms with Gasteiger partial charge in [-0.05, 0) is 18.2 Å². The summed E-state index contributed by atoms with van der Waals surface area (Å²) in [6.07, 6.45) is -2.71. The van der Waals surface area contributed by atoms with Gasteiger partial charge < -0.3 is 9.73 Å². The van der Waals surface area contributed by atoms with Gasteiger partial charge in [0, 0.05) is 5.56 Å². The van der Waals surface area contributed by atoms with E-state index in [1.165, 1.54) is 0 Å². The highest BCUT2D eigenvalue weighted by Gasteiger charge is 2.16. The molecule has 0 fully saturated rings. The van der Waals surface area contributed by atoms with Gasteiger partial charge in [0.05, 0.1) is 6.54 Å². The molecule has 2 heterocycles. The van der Waals surface area contributed by atoms with E-state index in [1.54, 1.807) is 0 Å². The second-order valence-electron chi connectivity index (χ2n) is 4.56. The number of hydrogen-bond acceptors (Lipinski definition) is 5. The monoisotopic (exact) mass is 319 g/mol. The smallest absolute Gasteiger partial charge is 0.279 e. The molecule has 1 aromatic carbocycles. The summed E-state index contributed by atoms with van der Waals surface area (Å²) in [6, 6.07) is 10.1. The molecule has 0 saturated heterocycles. The maximum atomic E-state index is 12.4. The molecule has 2 N–H and O–H groups in total. The molecular formula is C14H11F2N5O2. The van der Waals surface area contributed by atoms with Crippen molar-refractivity contribution in [2.75, 3.05) is 0 Å². The third-order valence-electron chi connectivity index (χ3n) is 2.95. The van der Waals surface area contributed by atoms with Crippen LogP contribution in [0.1, 0.15) is 28.5 Å². The highest BCUT2D eigenvalue weighted by molar-refractivity contribution is 5.92. The zero-order valence-electron chi connectivity index (χ0n) is 11.7. The van der Waals surface area contributed by atoms with Crippen molar-refractivity contribution in [2.45, 2.75) is 13.0 Å². The number of hydrogen-bond donors (Lipinski definition) is 2. The average molecular weight is 319 g/mol. The number of H-pyrrole nitrogens is 1. The Morgan fingerprint density at radius 3 is 2.74 bits per heavy atom. The van der Waals surface area contributed by atoms with Gasteiger partial charge >= 0.3 is 0 Å². The predicted octanol–water partition coefficient (Wildman–Crippen LogP) is 2.33. The third kappa shape index (κ3) is 3.39. The Hall–Kier alpha value is -3.10. The highest BCUT2D eigenvalue weighted by Crippen LogP contribution is 2.17. The molecule has 1 amide bonds. The van der Waals surface area contributed by atoms with E-state index in [9.17, 15) is 13.6 Å². The van der Waals surface area contributed by atoms with Gasteiger partial charge in [0.2, 0.25) is 11.8 Å². The van der Waals surface area contributed by atoms with Crippen LogP contribution < -0.4 is 5.32 Å². The number of alkyl halides is 2. The van der Waals surface area contributed by atoms with Gasteiger partial charge in [-0.1, -0.05) is 18.2 Å². The molecule has 23 heavy (non-hydrogen) atoms. The van der Waals surface area contributed by atoms with Gasteiger partial charge in [0.15, 0.2) is 0 Å². The molecule has 0 unspecified atom stereocenters. The van der Waals surface area contributed by atoms with Crippen molar-refractivity contribution in [1.82, 2.24) is 25.7 Å². The van der Waals surface area contributed by atoms with E-state index in [0.717, 1.165) is 11.6 Å². The molecular weight excluding hydrogens is 308 g/mol. The number of aromatic amines is 1.